The topological polar surface area (TPSA) is 59.1 Å². The second-order valence-electron chi connectivity index (χ2n) is 6.88. The highest BCUT2D eigenvalue weighted by Gasteiger charge is 2.13. The van der Waals surface area contributed by atoms with Crippen LogP contribution >= 0.6 is 0 Å². The summed E-state index contributed by atoms with van der Waals surface area (Å²) in [5, 5.41) is 0. The van der Waals surface area contributed by atoms with Crippen LogP contribution in [0.3, 0.4) is 0 Å². The van der Waals surface area contributed by atoms with Crippen LogP contribution < -0.4 is 4.74 Å². The van der Waals surface area contributed by atoms with Crippen LogP contribution in [0.2, 0.25) is 0 Å². The van der Waals surface area contributed by atoms with E-state index in [0.29, 0.717) is 13.1 Å². The number of nitrogens with zero attached hydrogens (tertiary/aromatic N) is 2. The number of methoxy groups -OCH3 is 1. The van der Waals surface area contributed by atoms with Crippen molar-refractivity contribution in [1.82, 2.24) is 9.80 Å². The highest BCUT2D eigenvalue weighted by Crippen LogP contribution is 2.16. The Morgan fingerprint density at radius 2 is 1.89 bits per heavy atom. The molecule has 0 aromatic heterocycles. The number of amides is 1. The molecule has 6 nitrogen and oxygen atoms in total. The molecular weight excluding hydrogens is 344 g/mol. The molecule has 150 valence electrons. The Bertz CT molecular complexity index is 626. The Morgan fingerprint density at radius 1 is 1.15 bits per heavy atom. The molecule has 0 fully saturated rings. The van der Waals surface area contributed by atoms with E-state index in [1.54, 1.807) is 17.1 Å². The molecule has 0 saturated heterocycles. The van der Waals surface area contributed by atoms with Crippen LogP contribution in [-0.2, 0) is 14.3 Å². The molecule has 0 aliphatic carbocycles. The molecule has 27 heavy (non-hydrogen) atoms. The minimum atomic E-state index is -0.317. The molecule has 0 radical (unpaired) electrons. The molecule has 1 aromatic carbocycles. The molecule has 0 saturated carbocycles. The van der Waals surface area contributed by atoms with E-state index in [1.165, 1.54) is 7.11 Å². The summed E-state index contributed by atoms with van der Waals surface area (Å²) in [5.74, 6) is 0.337. The third-order valence-electron chi connectivity index (χ3n) is 3.81. The molecule has 0 atom stereocenters. The van der Waals surface area contributed by atoms with Crippen LogP contribution in [0, 0.1) is 0 Å². The highest BCUT2D eigenvalue weighted by atomic mass is 16.5. The predicted molar refractivity (Wildman–Crippen MR) is 108 cm³/mol. The van der Waals surface area contributed by atoms with Gasteiger partial charge in [0, 0.05) is 19.2 Å². The zero-order chi connectivity index (χ0) is 20.2. The Balaban J connectivity index is 2.74. The minimum Gasteiger partial charge on any atom is -0.491 e. The average molecular weight is 376 g/mol. The van der Waals surface area contributed by atoms with Crippen molar-refractivity contribution >= 4 is 18.0 Å². The molecule has 6 heteroatoms. The van der Waals surface area contributed by atoms with Gasteiger partial charge in [-0.25, -0.2) is 0 Å². The van der Waals surface area contributed by atoms with Crippen LogP contribution in [0.25, 0.3) is 6.08 Å². The van der Waals surface area contributed by atoms with E-state index in [0.717, 1.165) is 24.3 Å². The third-order valence-corrected chi connectivity index (χ3v) is 3.81. The van der Waals surface area contributed by atoms with Crippen molar-refractivity contribution in [2.45, 2.75) is 32.8 Å². The van der Waals surface area contributed by atoms with E-state index < -0.39 is 0 Å². The number of benzene rings is 1. The van der Waals surface area contributed by atoms with Crippen molar-refractivity contribution in [3.63, 3.8) is 0 Å². The standard InChI is InChI=1S/C21H32N2O4/c1-17(2)27-19-9-6-8-18(16-19)10-11-20(24)23(14-7-13-22(3)4)15-12-21(25)26-5/h6,8-11,16-17H,7,12-15H2,1-5H3/b11-10+. The zero-order valence-corrected chi connectivity index (χ0v) is 17.1. The summed E-state index contributed by atoms with van der Waals surface area (Å²) in [7, 11) is 5.34. The molecule has 0 bridgehead atoms. The second-order valence-corrected chi connectivity index (χ2v) is 6.88. The average Bonchev–Trinajstić information content (AvgIpc) is 2.61. The van der Waals surface area contributed by atoms with Gasteiger partial charge in [-0.15, -0.1) is 0 Å². The zero-order valence-electron chi connectivity index (χ0n) is 17.1. The van der Waals surface area contributed by atoms with E-state index >= 15 is 0 Å². The van der Waals surface area contributed by atoms with Crippen molar-refractivity contribution < 1.29 is 19.1 Å². The molecule has 1 amide bonds. The SMILES string of the molecule is COC(=O)CCN(CCCN(C)C)C(=O)/C=C/c1cccc(OC(C)C)c1. The molecule has 1 aromatic rings. The second kappa shape index (κ2) is 12.1. The van der Waals surface area contributed by atoms with E-state index in [-0.39, 0.29) is 24.4 Å². The van der Waals surface area contributed by atoms with Gasteiger partial charge in [0.15, 0.2) is 0 Å². The van der Waals surface area contributed by atoms with Gasteiger partial charge in [0.2, 0.25) is 5.91 Å². The van der Waals surface area contributed by atoms with Gasteiger partial charge in [-0.05, 0) is 64.7 Å². The van der Waals surface area contributed by atoms with Crippen LogP contribution in [0.15, 0.2) is 30.3 Å². The summed E-state index contributed by atoms with van der Waals surface area (Å²) < 4.78 is 10.4. The lowest BCUT2D eigenvalue weighted by Gasteiger charge is -2.21. The summed E-state index contributed by atoms with van der Waals surface area (Å²) in [6, 6.07) is 7.60. The lowest BCUT2D eigenvalue weighted by molar-refractivity contribution is -0.141. The van der Waals surface area contributed by atoms with Gasteiger partial charge in [-0.3, -0.25) is 9.59 Å². The third kappa shape index (κ3) is 9.80. The largest absolute Gasteiger partial charge is 0.491 e. The van der Waals surface area contributed by atoms with Crippen LogP contribution in [0.4, 0.5) is 0 Å². The summed E-state index contributed by atoms with van der Waals surface area (Å²) >= 11 is 0. The quantitative estimate of drug-likeness (QED) is 0.439. The molecule has 0 unspecified atom stereocenters. The normalized spacial score (nSPS) is 11.2. The van der Waals surface area contributed by atoms with Gasteiger partial charge < -0.3 is 19.3 Å². The fraction of sp³-hybridized carbons (Fsp3) is 0.524. The number of ether oxygens (including phenoxy) is 2. The monoisotopic (exact) mass is 376 g/mol. The molecule has 1 rings (SSSR count). The highest BCUT2D eigenvalue weighted by molar-refractivity contribution is 5.92. The summed E-state index contributed by atoms with van der Waals surface area (Å²) in [5.41, 5.74) is 0.891. The summed E-state index contributed by atoms with van der Waals surface area (Å²) in [4.78, 5) is 27.8. The number of rotatable bonds is 11. The fourth-order valence-corrected chi connectivity index (χ4v) is 2.47. The number of carbonyl (C=O) groups is 2. The van der Waals surface area contributed by atoms with E-state index in [9.17, 15) is 9.59 Å². The maximum absolute atomic E-state index is 12.6. The predicted octanol–water partition coefficient (Wildman–Crippen LogP) is 2.83. The van der Waals surface area contributed by atoms with Gasteiger partial charge in [0.05, 0.1) is 19.6 Å². The first kappa shape index (κ1) is 22.7. The van der Waals surface area contributed by atoms with Crippen LogP contribution in [0.5, 0.6) is 5.75 Å². The first-order valence-electron chi connectivity index (χ1n) is 9.27. The molecular formula is C21H32N2O4. The number of esters is 1. The number of hydrogen-bond donors (Lipinski definition) is 0. The molecule has 0 N–H and O–H groups in total. The maximum atomic E-state index is 12.6. The lowest BCUT2D eigenvalue weighted by Crippen LogP contribution is -2.34. The molecule has 0 heterocycles. The van der Waals surface area contributed by atoms with Gasteiger partial charge in [0.25, 0.3) is 0 Å². The Kier molecular flexibility index (Phi) is 10.2. The maximum Gasteiger partial charge on any atom is 0.307 e. The fourth-order valence-electron chi connectivity index (χ4n) is 2.47. The van der Waals surface area contributed by atoms with Gasteiger partial charge >= 0.3 is 5.97 Å². The van der Waals surface area contributed by atoms with Crippen molar-refractivity contribution in [2.75, 3.05) is 40.8 Å². The minimum absolute atomic E-state index is 0.0939. The van der Waals surface area contributed by atoms with E-state index in [2.05, 4.69) is 9.64 Å². The van der Waals surface area contributed by atoms with Crippen LogP contribution in [-0.4, -0.2) is 68.6 Å². The number of carbonyl (C=O) groups excluding carboxylic acids is 2. The van der Waals surface area contributed by atoms with Gasteiger partial charge in [0.1, 0.15) is 5.75 Å². The number of hydrogen-bond acceptors (Lipinski definition) is 5. The van der Waals surface area contributed by atoms with Crippen LogP contribution in [0.1, 0.15) is 32.3 Å². The Hall–Kier alpha value is -2.34. The van der Waals surface area contributed by atoms with Crippen molar-refractivity contribution in [3.05, 3.63) is 35.9 Å². The first-order valence-corrected chi connectivity index (χ1v) is 9.27. The smallest absolute Gasteiger partial charge is 0.307 e. The van der Waals surface area contributed by atoms with E-state index in [1.807, 2.05) is 52.2 Å². The summed E-state index contributed by atoms with van der Waals surface area (Å²) in [6.07, 6.45) is 4.44. The molecule has 0 aliphatic heterocycles. The van der Waals surface area contributed by atoms with Crippen molar-refractivity contribution in [3.8, 4) is 5.75 Å². The molecule has 0 aliphatic rings. The summed E-state index contributed by atoms with van der Waals surface area (Å²) in [6.45, 7) is 5.76. The Morgan fingerprint density at radius 3 is 2.52 bits per heavy atom. The van der Waals surface area contributed by atoms with Crippen molar-refractivity contribution in [1.29, 1.82) is 0 Å². The lowest BCUT2D eigenvalue weighted by atomic mass is 10.2. The van der Waals surface area contributed by atoms with Crippen molar-refractivity contribution in [2.24, 2.45) is 0 Å². The van der Waals surface area contributed by atoms with Gasteiger partial charge in [-0.2, -0.15) is 0 Å². The van der Waals surface area contributed by atoms with Gasteiger partial charge in [-0.1, -0.05) is 12.1 Å². The first-order chi connectivity index (χ1) is 12.8. The Labute approximate surface area is 162 Å². The van der Waals surface area contributed by atoms with E-state index in [4.69, 9.17) is 4.74 Å². The molecule has 0 spiro atoms.